The van der Waals surface area contributed by atoms with Gasteiger partial charge in [0.1, 0.15) is 4.90 Å². The van der Waals surface area contributed by atoms with Crippen LogP contribution in [0.1, 0.15) is 44.2 Å². The number of anilines is 1. The molecule has 2 aliphatic rings. The lowest BCUT2D eigenvalue weighted by Gasteiger charge is -2.30. The fraction of sp³-hybridized carbons (Fsp3) is 0.360. The number of para-hydroxylation sites is 1. The SMILES string of the molecule is C=C[C@@H]1C[C@@]1(C(=O)NS(=O)(=O)c1cccc2c1NC(=O)C2Cc1ccccc1)C(C)(C)C. The molecule has 4 rings (SSSR count). The maximum atomic E-state index is 13.3. The van der Waals surface area contributed by atoms with E-state index in [0.717, 1.165) is 5.56 Å². The van der Waals surface area contributed by atoms with Gasteiger partial charge >= 0.3 is 0 Å². The van der Waals surface area contributed by atoms with Crippen molar-refractivity contribution < 1.29 is 18.0 Å². The Kier molecular flexibility index (Phi) is 5.28. The summed E-state index contributed by atoms with van der Waals surface area (Å²) in [5.41, 5.74) is 0.603. The summed E-state index contributed by atoms with van der Waals surface area (Å²) in [6, 6.07) is 14.4. The molecule has 168 valence electrons. The molecule has 1 unspecified atom stereocenters. The van der Waals surface area contributed by atoms with Crippen LogP contribution in [0.3, 0.4) is 0 Å². The fourth-order valence-corrected chi connectivity index (χ4v) is 6.14. The van der Waals surface area contributed by atoms with E-state index in [4.69, 9.17) is 0 Å². The fourth-order valence-electron chi connectivity index (χ4n) is 4.90. The maximum absolute atomic E-state index is 13.3. The third-order valence-electron chi connectivity index (χ3n) is 6.84. The zero-order chi connectivity index (χ0) is 23.3. The summed E-state index contributed by atoms with van der Waals surface area (Å²) < 4.78 is 28.8. The molecule has 1 saturated carbocycles. The lowest BCUT2D eigenvalue weighted by Crippen LogP contribution is -2.43. The van der Waals surface area contributed by atoms with Gasteiger partial charge in [-0.25, -0.2) is 13.1 Å². The molecule has 1 fully saturated rings. The Morgan fingerprint density at radius 2 is 1.88 bits per heavy atom. The molecule has 3 atom stereocenters. The molecule has 2 aromatic rings. The number of rotatable bonds is 6. The van der Waals surface area contributed by atoms with E-state index in [9.17, 15) is 18.0 Å². The molecular formula is C25H28N2O4S. The number of carbonyl (C=O) groups excluding carboxylic acids is 2. The van der Waals surface area contributed by atoms with Crippen molar-refractivity contribution in [2.45, 2.75) is 44.4 Å². The molecule has 0 spiro atoms. The van der Waals surface area contributed by atoms with Crippen molar-refractivity contribution in [3.63, 3.8) is 0 Å². The molecule has 2 aromatic carbocycles. The summed E-state index contributed by atoms with van der Waals surface area (Å²) in [6.45, 7) is 9.57. The van der Waals surface area contributed by atoms with Gasteiger partial charge in [-0.15, -0.1) is 6.58 Å². The maximum Gasteiger partial charge on any atom is 0.266 e. The highest BCUT2D eigenvalue weighted by Gasteiger charge is 2.65. The highest BCUT2D eigenvalue weighted by Crippen LogP contribution is 2.64. The van der Waals surface area contributed by atoms with Gasteiger partial charge in [0.05, 0.1) is 17.0 Å². The van der Waals surface area contributed by atoms with Gasteiger partial charge in [-0.3, -0.25) is 9.59 Å². The summed E-state index contributed by atoms with van der Waals surface area (Å²) in [5, 5.41) is 2.73. The van der Waals surface area contributed by atoms with Gasteiger partial charge < -0.3 is 5.32 Å². The Morgan fingerprint density at radius 3 is 2.47 bits per heavy atom. The molecule has 32 heavy (non-hydrogen) atoms. The molecular weight excluding hydrogens is 424 g/mol. The third-order valence-corrected chi connectivity index (χ3v) is 8.21. The van der Waals surface area contributed by atoms with Crippen LogP contribution in [0.25, 0.3) is 0 Å². The second kappa shape index (κ2) is 7.59. The van der Waals surface area contributed by atoms with E-state index in [1.54, 1.807) is 18.2 Å². The van der Waals surface area contributed by atoms with Crippen molar-refractivity contribution in [3.05, 3.63) is 72.3 Å². The van der Waals surface area contributed by atoms with Gasteiger partial charge in [0.25, 0.3) is 10.0 Å². The Hall–Kier alpha value is -2.93. The van der Waals surface area contributed by atoms with E-state index in [2.05, 4.69) is 16.6 Å². The summed E-state index contributed by atoms with van der Waals surface area (Å²) in [6.07, 6.45) is 2.74. The van der Waals surface area contributed by atoms with Crippen LogP contribution in [0.5, 0.6) is 0 Å². The average molecular weight is 453 g/mol. The largest absolute Gasteiger partial charge is 0.324 e. The van der Waals surface area contributed by atoms with Gasteiger partial charge in [-0.2, -0.15) is 0 Å². The first kappa shape index (κ1) is 22.3. The van der Waals surface area contributed by atoms with Crippen LogP contribution >= 0.6 is 0 Å². The number of hydrogen-bond acceptors (Lipinski definition) is 4. The Labute approximate surface area is 189 Å². The van der Waals surface area contributed by atoms with Crippen LogP contribution in [0.15, 0.2) is 66.1 Å². The lowest BCUT2D eigenvalue weighted by molar-refractivity contribution is -0.128. The van der Waals surface area contributed by atoms with Crippen molar-refractivity contribution in [3.8, 4) is 0 Å². The zero-order valence-corrected chi connectivity index (χ0v) is 19.3. The normalized spacial score (nSPS) is 24.4. The van der Waals surface area contributed by atoms with Gasteiger partial charge in [0, 0.05) is 0 Å². The third kappa shape index (κ3) is 3.54. The van der Waals surface area contributed by atoms with E-state index in [1.807, 2.05) is 51.1 Å². The van der Waals surface area contributed by atoms with Crippen LogP contribution in [0, 0.1) is 16.7 Å². The molecule has 2 N–H and O–H groups in total. The Morgan fingerprint density at radius 1 is 1.19 bits per heavy atom. The van der Waals surface area contributed by atoms with E-state index in [-0.39, 0.29) is 22.4 Å². The summed E-state index contributed by atoms with van der Waals surface area (Å²) in [4.78, 5) is 25.8. The number of carbonyl (C=O) groups is 2. The van der Waals surface area contributed by atoms with Crippen molar-refractivity contribution in [1.82, 2.24) is 4.72 Å². The molecule has 0 radical (unpaired) electrons. The Bertz CT molecular complexity index is 1200. The smallest absolute Gasteiger partial charge is 0.266 e. The van der Waals surface area contributed by atoms with Crippen molar-refractivity contribution >= 4 is 27.5 Å². The van der Waals surface area contributed by atoms with Crippen LogP contribution in [0.4, 0.5) is 5.69 Å². The van der Waals surface area contributed by atoms with E-state index >= 15 is 0 Å². The molecule has 6 nitrogen and oxygen atoms in total. The topological polar surface area (TPSA) is 92.3 Å². The molecule has 0 bridgehead atoms. The molecule has 7 heteroatoms. The first-order valence-corrected chi connectivity index (χ1v) is 12.2. The van der Waals surface area contributed by atoms with Crippen molar-refractivity contribution in [2.24, 2.45) is 16.7 Å². The summed E-state index contributed by atoms with van der Waals surface area (Å²) in [5.74, 6) is -1.35. The Balaban J connectivity index is 1.65. The minimum atomic E-state index is -4.19. The second-order valence-corrected chi connectivity index (χ2v) is 11.3. The van der Waals surface area contributed by atoms with Gasteiger partial charge in [-0.05, 0) is 41.4 Å². The number of amides is 2. The summed E-state index contributed by atoms with van der Waals surface area (Å²) >= 11 is 0. The predicted molar refractivity (Wildman–Crippen MR) is 123 cm³/mol. The number of allylic oxidation sites excluding steroid dienone is 1. The van der Waals surface area contributed by atoms with Crippen molar-refractivity contribution in [1.29, 1.82) is 0 Å². The van der Waals surface area contributed by atoms with E-state index in [1.165, 1.54) is 6.07 Å². The van der Waals surface area contributed by atoms with E-state index in [0.29, 0.717) is 18.4 Å². The van der Waals surface area contributed by atoms with Crippen molar-refractivity contribution in [2.75, 3.05) is 5.32 Å². The first-order chi connectivity index (χ1) is 15.0. The van der Waals surface area contributed by atoms with Gasteiger partial charge in [-0.1, -0.05) is 69.3 Å². The number of fused-ring (bicyclic) bond motifs is 1. The monoisotopic (exact) mass is 452 g/mol. The predicted octanol–water partition coefficient (Wildman–Crippen LogP) is 4.01. The molecule has 0 saturated heterocycles. The van der Waals surface area contributed by atoms with Crippen LogP contribution < -0.4 is 10.0 Å². The average Bonchev–Trinajstić information content (AvgIpc) is 3.42. The van der Waals surface area contributed by atoms with Crippen LogP contribution in [0.2, 0.25) is 0 Å². The molecule has 2 amide bonds. The molecule has 1 aliphatic carbocycles. The minimum Gasteiger partial charge on any atom is -0.324 e. The highest BCUT2D eigenvalue weighted by molar-refractivity contribution is 7.90. The first-order valence-electron chi connectivity index (χ1n) is 10.7. The van der Waals surface area contributed by atoms with Crippen LogP contribution in [-0.2, 0) is 26.0 Å². The van der Waals surface area contributed by atoms with Gasteiger partial charge in [0.2, 0.25) is 11.8 Å². The molecule has 1 aliphatic heterocycles. The number of nitrogens with one attached hydrogen (secondary N) is 2. The molecule has 0 aromatic heterocycles. The number of sulfonamides is 1. The zero-order valence-electron chi connectivity index (χ0n) is 18.5. The van der Waals surface area contributed by atoms with Crippen LogP contribution in [-0.4, -0.2) is 20.2 Å². The quantitative estimate of drug-likeness (QED) is 0.648. The lowest BCUT2D eigenvalue weighted by atomic mass is 9.75. The minimum absolute atomic E-state index is 0.0749. The van der Waals surface area contributed by atoms with E-state index < -0.39 is 32.7 Å². The second-order valence-electron chi connectivity index (χ2n) is 9.65. The molecule has 1 heterocycles. The number of hydrogen-bond donors (Lipinski definition) is 2. The standard InChI is InChI=1S/C25H28N2O4S/c1-5-17-15-25(17,24(2,3)4)23(29)27-32(30,31)20-13-9-12-18-19(22(28)26-21(18)20)14-16-10-7-6-8-11-16/h5-13,17,19H,1,14-15H2,2-4H3,(H,26,28)(H,27,29)/t17-,19?,25-/m1/s1. The summed E-state index contributed by atoms with van der Waals surface area (Å²) in [7, 11) is -4.19. The van der Waals surface area contributed by atoms with Gasteiger partial charge in [0.15, 0.2) is 0 Å². The number of benzene rings is 2. The highest BCUT2D eigenvalue weighted by atomic mass is 32.2.